The normalized spacial score (nSPS) is 11.9. The minimum absolute atomic E-state index is 0.367. The number of aromatic nitrogens is 4. The van der Waals surface area contributed by atoms with Gasteiger partial charge in [0.05, 0.1) is 22.2 Å². The Morgan fingerprint density at radius 3 is 1.17 bits per heavy atom. The van der Waals surface area contributed by atoms with Gasteiger partial charge < -0.3 is 18.9 Å². The van der Waals surface area contributed by atoms with Crippen LogP contribution in [0.25, 0.3) is 0 Å². The molecule has 0 unspecified atom stereocenters. The zero-order valence-corrected chi connectivity index (χ0v) is 32.5. The van der Waals surface area contributed by atoms with Crippen LogP contribution in [0.4, 0.5) is 84.2 Å². The Hall–Kier alpha value is -4.77. The Labute approximate surface area is 338 Å². The van der Waals surface area contributed by atoms with Gasteiger partial charge in [0.1, 0.15) is 5.00 Å². The fraction of sp³-hybridized carbons (Fsp3) is 0.357. The number of amides is 4. The molecule has 58 heavy (non-hydrogen) atoms. The summed E-state index contributed by atoms with van der Waals surface area (Å²) in [4.78, 5) is 40.9. The first-order valence-corrected chi connectivity index (χ1v) is 17.7. The standard InChI is InChI=1S/C14H11BrF6N4O3S.C14H11ClF6N4O3S/c2*1-25(10-2-7(15)4-29-10)12(26)24-11-22-8(27-5-13(16,17)18)3-9(23-11)28-6-14(19,20)21/h2*2-4H,5-6H2,1H3,(H,22,23,24,26). The quantitative estimate of drug-likeness (QED) is 0.131. The van der Waals surface area contributed by atoms with Crippen molar-refractivity contribution >= 4 is 84.2 Å². The highest BCUT2D eigenvalue weighted by Crippen LogP contribution is 2.30. The second kappa shape index (κ2) is 19.8. The summed E-state index contributed by atoms with van der Waals surface area (Å²) < 4.78 is 166. The molecule has 0 aromatic carbocycles. The smallest absolute Gasteiger partial charge is 0.422 e. The van der Waals surface area contributed by atoms with Crippen molar-refractivity contribution in [2.24, 2.45) is 0 Å². The van der Waals surface area contributed by atoms with Crippen molar-refractivity contribution in [3.63, 3.8) is 0 Å². The second-order valence-corrected chi connectivity index (χ2v) is 13.7. The highest BCUT2D eigenvalue weighted by atomic mass is 79.9. The van der Waals surface area contributed by atoms with E-state index >= 15 is 0 Å². The molecule has 4 aromatic heterocycles. The molecule has 0 aliphatic carbocycles. The van der Waals surface area contributed by atoms with Gasteiger partial charge in [-0.05, 0) is 28.1 Å². The lowest BCUT2D eigenvalue weighted by molar-refractivity contribution is -0.155. The first kappa shape index (κ1) is 47.6. The number of carbonyl (C=O) groups excluding carboxylic acids is 2. The van der Waals surface area contributed by atoms with E-state index in [4.69, 9.17) is 11.6 Å². The van der Waals surface area contributed by atoms with E-state index in [2.05, 4.69) is 65.4 Å². The van der Waals surface area contributed by atoms with Crippen LogP contribution >= 0.6 is 50.2 Å². The van der Waals surface area contributed by atoms with Crippen LogP contribution < -0.4 is 39.4 Å². The molecule has 0 bridgehead atoms. The van der Waals surface area contributed by atoms with Crippen LogP contribution in [0.5, 0.6) is 23.5 Å². The van der Waals surface area contributed by atoms with Crippen molar-refractivity contribution in [3.8, 4) is 23.5 Å². The van der Waals surface area contributed by atoms with Crippen LogP contribution in [-0.4, -0.2) is 97.2 Å². The highest BCUT2D eigenvalue weighted by molar-refractivity contribution is 9.10. The van der Waals surface area contributed by atoms with Gasteiger partial charge in [0, 0.05) is 29.3 Å². The Morgan fingerprint density at radius 2 is 0.914 bits per heavy atom. The Bertz CT molecular complexity index is 1790. The average Bonchev–Trinajstić information content (AvgIpc) is 3.74. The topological polar surface area (TPSA) is 153 Å². The number of halogens is 14. The van der Waals surface area contributed by atoms with E-state index < -0.39 is 98.6 Å². The first-order chi connectivity index (χ1) is 26.6. The zero-order valence-electron chi connectivity index (χ0n) is 28.5. The predicted octanol–water partition coefficient (Wildman–Crippen LogP) is 9.59. The lowest BCUT2D eigenvalue weighted by Crippen LogP contribution is -2.31. The summed E-state index contributed by atoms with van der Waals surface area (Å²) in [6.07, 6.45) is -18.9. The van der Waals surface area contributed by atoms with Gasteiger partial charge in [-0.3, -0.25) is 20.4 Å². The van der Waals surface area contributed by atoms with Crippen LogP contribution in [0.15, 0.2) is 39.5 Å². The number of rotatable bonds is 12. The van der Waals surface area contributed by atoms with Crippen molar-refractivity contribution in [1.29, 1.82) is 0 Å². The second-order valence-electron chi connectivity index (χ2n) is 10.5. The number of hydrogen-bond donors (Lipinski definition) is 2. The molecule has 320 valence electrons. The first-order valence-electron chi connectivity index (χ1n) is 14.8. The molecule has 2 N–H and O–H groups in total. The van der Waals surface area contributed by atoms with Crippen molar-refractivity contribution in [2.45, 2.75) is 24.7 Å². The fourth-order valence-electron chi connectivity index (χ4n) is 3.35. The van der Waals surface area contributed by atoms with Crippen molar-refractivity contribution in [3.05, 3.63) is 44.5 Å². The summed E-state index contributed by atoms with van der Waals surface area (Å²) in [5, 5.41) is 8.80. The minimum atomic E-state index is -4.72. The molecule has 4 heterocycles. The summed E-state index contributed by atoms with van der Waals surface area (Å²) in [5.41, 5.74) is 0. The van der Waals surface area contributed by atoms with Gasteiger partial charge in [-0.2, -0.15) is 72.6 Å². The fourth-order valence-corrected chi connectivity index (χ4v) is 5.78. The maximum atomic E-state index is 12.3. The summed E-state index contributed by atoms with van der Waals surface area (Å²) in [6.45, 7) is -7.02. The zero-order chi connectivity index (χ0) is 43.6. The van der Waals surface area contributed by atoms with Crippen LogP contribution in [0, 0.1) is 0 Å². The van der Waals surface area contributed by atoms with E-state index in [1.54, 1.807) is 16.8 Å². The largest absolute Gasteiger partial charge is 0.468 e. The predicted molar refractivity (Wildman–Crippen MR) is 186 cm³/mol. The van der Waals surface area contributed by atoms with Gasteiger partial charge in [0.15, 0.2) is 26.4 Å². The molecule has 4 rings (SSSR count). The summed E-state index contributed by atoms with van der Waals surface area (Å²) >= 11 is 11.3. The van der Waals surface area contributed by atoms with Gasteiger partial charge in [-0.15, -0.1) is 22.7 Å². The van der Waals surface area contributed by atoms with E-state index in [9.17, 15) is 62.3 Å². The monoisotopic (exact) mass is 972 g/mol. The van der Waals surface area contributed by atoms with Crippen LogP contribution in [-0.2, 0) is 0 Å². The van der Waals surface area contributed by atoms with Gasteiger partial charge in [0.25, 0.3) is 0 Å². The molecule has 0 radical (unpaired) electrons. The van der Waals surface area contributed by atoms with E-state index in [0.29, 0.717) is 31.6 Å². The number of thiophene rings is 2. The number of alkyl halides is 12. The van der Waals surface area contributed by atoms with E-state index in [0.717, 1.165) is 21.1 Å². The average molecular weight is 974 g/mol. The number of nitrogens with one attached hydrogen (secondary N) is 2. The molecule has 0 aliphatic rings. The number of ether oxygens (including phenoxy) is 4. The lowest BCUT2D eigenvalue weighted by Gasteiger charge is -2.16. The van der Waals surface area contributed by atoms with E-state index in [1.807, 2.05) is 0 Å². The van der Waals surface area contributed by atoms with Crippen LogP contribution in [0.1, 0.15) is 0 Å². The number of nitrogens with zero attached hydrogens (tertiary/aromatic N) is 6. The minimum Gasteiger partial charge on any atom is -0.468 e. The molecule has 0 saturated carbocycles. The maximum Gasteiger partial charge on any atom is 0.422 e. The van der Waals surface area contributed by atoms with Crippen molar-refractivity contribution in [2.75, 3.05) is 61.0 Å². The van der Waals surface area contributed by atoms with E-state index in [1.165, 1.54) is 31.5 Å². The Morgan fingerprint density at radius 1 is 0.603 bits per heavy atom. The SMILES string of the molecule is CN(C(=O)Nc1nc(OCC(F)(F)F)cc(OCC(F)(F)F)n1)c1cc(Br)cs1.CN(C(=O)Nc1nc(OCC(F)(F)F)cc(OCC(F)(F)F)n1)c1cc(Cl)cs1. The Kier molecular flexibility index (Phi) is 16.2. The van der Waals surface area contributed by atoms with Gasteiger partial charge in [-0.1, -0.05) is 11.6 Å². The van der Waals surface area contributed by atoms with Gasteiger partial charge in [0.2, 0.25) is 35.4 Å². The molecule has 0 fully saturated rings. The molecule has 0 saturated heterocycles. The van der Waals surface area contributed by atoms with Gasteiger partial charge in [-0.25, -0.2) is 9.59 Å². The third-order valence-corrected chi connectivity index (χ3v) is 8.83. The maximum absolute atomic E-state index is 12.3. The molecular formula is C28H22BrClF12N8O6S2. The highest BCUT2D eigenvalue weighted by Gasteiger charge is 2.32. The number of hydrogen-bond acceptors (Lipinski definition) is 12. The number of anilines is 4. The van der Waals surface area contributed by atoms with E-state index in [-0.39, 0.29) is 0 Å². The van der Waals surface area contributed by atoms with Crippen molar-refractivity contribution < 1.29 is 81.2 Å². The molecule has 0 aliphatic heterocycles. The summed E-state index contributed by atoms with van der Waals surface area (Å²) in [5.74, 6) is -4.17. The third kappa shape index (κ3) is 17.8. The lowest BCUT2D eigenvalue weighted by atomic mass is 10.5. The number of urea groups is 2. The Balaban J connectivity index is 0.000000310. The van der Waals surface area contributed by atoms with Crippen LogP contribution in [0.2, 0.25) is 5.02 Å². The van der Waals surface area contributed by atoms with Crippen LogP contribution in [0.3, 0.4) is 0 Å². The van der Waals surface area contributed by atoms with Crippen molar-refractivity contribution in [1.82, 2.24) is 19.9 Å². The summed E-state index contributed by atoms with van der Waals surface area (Å²) in [7, 11) is 2.74. The number of carbonyl (C=O) groups is 2. The third-order valence-electron chi connectivity index (χ3n) is 5.71. The van der Waals surface area contributed by atoms with Gasteiger partial charge >= 0.3 is 36.8 Å². The molecule has 4 amide bonds. The molecular weight excluding hydrogens is 952 g/mol. The molecule has 14 nitrogen and oxygen atoms in total. The molecule has 0 spiro atoms. The molecule has 30 heteroatoms. The molecule has 4 aromatic rings. The summed E-state index contributed by atoms with van der Waals surface area (Å²) in [6, 6.07) is 2.73. The molecule has 0 atom stereocenters.